The van der Waals surface area contributed by atoms with Crippen molar-refractivity contribution in [3.05, 3.63) is 100 Å². The molecule has 0 N–H and O–H groups in total. The minimum atomic E-state index is 0.209. The topological polar surface area (TPSA) is 42.4 Å². The van der Waals surface area contributed by atoms with E-state index >= 15 is 0 Å². The second kappa shape index (κ2) is 12.4. The number of anilines is 1. The number of thiazole rings is 1. The summed E-state index contributed by atoms with van der Waals surface area (Å²) in [6.07, 6.45) is 4.22. The minimum absolute atomic E-state index is 0.209. The van der Waals surface area contributed by atoms with Crippen molar-refractivity contribution in [2.24, 2.45) is 0 Å². The zero-order valence-corrected chi connectivity index (χ0v) is 23.2. The van der Waals surface area contributed by atoms with Crippen LogP contribution in [-0.4, -0.2) is 23.9 Å². The molecular weight excluding hydrogens is 488 g/mol. The number of ketones is 1. The molecule has 0 saturated carbocycles. The van der Waals surface area contributed by atoms with Crippen LogP contribution in [0.3, 0.4) is 0 Å². The average Bonchev–Trinajstić information content (AvgIpc) is 3.60. The van der Waals surface area contributed by atoms with E-state index in [0.717, 1.165) is 54.5 Å². The van der Waals surface area contributed by atoms with Crippen molar-refractivity contribution in [3.8, 4) is 17.0 Å². The van der Waals surface area contributed by atoms with Crippen LogP contribution in [0.15, 0.2) is 78.2 Å². The van der Waals surface area contributed by atoms with E-state index in [2.05, 4.69) is 83.9 Å². The zero-order chi connectivity index (χ0) is 26.3. The molecule has 5 rings (SSSR count). The van der Waals surface area contributed by atoms with Gasteiger partial charge in [-0.3, -0.25) is 4.79 Å². The van der Waals surface area contributed by atoms with Crippen LogP contribution in [0.25, 0.3) is 11.3 Å². The third-order valence-electron chi connectivity index (χ3n) is 7.25. The number of nitrogens with zero attached hydrogens (tertiary/aromatic N) is 2. The maximum atomic E-state index is 11.9. The number of carbonyl (C=O) groups excluding carboxylic acids is 1. The van der Waals surface area contributed by atoms with E-state index in [-0.39, 0.29) is 5.92 Å². The average molecular weight is 525 g/mol. The van der Waals surface area contributed by atoms with Crippen LogP contribution in [0.1, 0.15) is 61.3 Å². The molecule has 1 aliphatic rings. The van der Waals surface area contributed by atoms with Crippen molar-refractivity contribution < 1.29 is 9.53 Å². The van der Waals surface area contributed by atoms with Crippen LogP contribution in [0, 0.1) is 0 Å². The van der Waals surface area contributed by atoms with Gasteiger partial charge in [0, 0.05) is 48.4 Å². The molecule has 0 aliphatic carbocycles. The molecule has 1 aliphatic heterocycles. The van der Waals surface area contributed by atoms with Gasteiger partial charge < -0.3 is 9.64 Å². The number of rotatable bonds is 12. The first-order valence-corrected chi connectivity index (χ1v) is 14.6. The molecule has 0 fully saturated rings. The van der Waals surface area contributed by atoms with E-state index in [4.69, 9.17) is 9.72 Å². The lowest BCUT2D eigenvalue weighted by molar-refractivity contribution is -0.119. The summed E-state index contributed by atoms with van der Waals surface area (Å²) < 4.78 is 5.92. The van der Waals surface area contributed by atoms with Gasteiger partial charge in [-0.2, -0.15) is 0 Å². The number of carbonyl (C=O) groups is 1. The second-order valence-corrected chi connectivity index (χ2v) is 10.9. The number of aromatic nitrogens is 1. The number of aryl methyl sites for hydroxylation is 2. The summed E-state index contributed by atoms with van der Waals surface area (Å²) >= 11 is 1.72. The summed E-state index contributed by atoms with van der Waals surface area (Å²) in [5, 5.41) is 3.24. The molecule has 2 heterocycles. The second-order valence-electron chi connectivity index (χ2n) is 10.1. The summed E-state index contributed by atoms with van der Waals surface area (Å²) in [7, 11) is 0. The van der Waals surface area contributed by atoms with E-state index in [0.29, 0.717) is 25.2 Å². The van der Waals surface area contributed by atoms with Crippen LogP contribution in [0.2, 0.25) is 0 Å². The molecule has 38 heavy (non-hydrogen) atoms. The highest BCUT2D eigenvalue weighted by molar-refractivity contribution is 7.14. The number of hydrogen-bond donors (Lipinski definition) is 0. The molecule has 5 heteroatoms. The fourth-order valence-electron chi connectivity index (χ4n) is 5.05. The summed E-state index contributed by atoms with van der Waals surface area (Å²) in [6, 6.07) is 25.9. The monoisotopic (exact) mass is 524 g/mol. The fraction of sp³-hybridized carbons (Fsp3) is 0.333. The Morgan fingerprint density at radius 2 is 1.71 bits per heavy atom. The largest absolute Gasteiger partial charge is 0.493 e. The number of ether oxygens (including phenoxy) is 1. The van der Waals surface area contributed by atoms with Crippen LogP contribution in [0.5, 0.6) is 5.75 Å². The van der Waals surface area contributed by atoms with Gasteiger partial charge in [-0.15, -0.1) is 11.3 Å². The molecule has 0 saturated heterocycles. The molecule has 1 aromatic heterocycles. The standard InChI is InChI=1S/C33H36N2O2S/c1-3-18-35(33-34-31(23-38-33)27-8-6-5-7-9-27)21-26-14-11-24(12-15-26)10-13-25-16-17-30-28(20-29(36)4-2)22-37-32(30)19-25/h5-9,11-12,14-17,19,23,28H,3-4,10,13,18,20-22H2,1-2H3. The Kier molecular flexibility index (Phi) is 8.54. The number of benzene rings is 3. The molecule has 4 aromatic rings. The van der Waals surface area contributed by atoms with Crippen molar-refractivity contribution in [3.63, 3.8) is 0 Å². The highest BCUT2D eigenvalue weighted by atomic mass is 32.1. The maximum absolute atomic E-state index is 11.9. The predicted octanol–water partition coefficient (Wildman–Crippen LogP) is 7.86. The van der Waals surface area contributed by atoms with Gasteiger partial charge in [-0.25, -0.2) is 4.98 Å². The molecule has 4 nitrogen and oxygen atoms in total. The molecule has 1 atom stereocenters. The van der Waals surface area contributed by atoms with Crippen molar-refractivity contribution in [1.82, 2.24) is 4.98 Å². The van der Waals surface area contributed by atoms with Crippen LogP contribution in [-0.2, 0) is 24.2 Å². The molecular formula is C33H36N2O2S. The molecule has 0 amide bonds. The lowest BCUT2D eigenvalue weighted by atomic mass is 9.93. The van der Waals surface area contributed by atoms with Crippen LogP contribution in [0.4, 0.5) is 5.13 Å². The van der Waals surface area contributed by atoms with Crippen molar-refractivity contribution in [2.45, 2.75) is 58.4 Å². The SMILES string of the molecule is CCCN(Cc1ccc(CCc2ccc3c(c2)OCC3CC(=O)CC)cc1)c1nc(-c2ccccc2)cs1. The Balaban J connectivity index is 1.18. The van der Waals surface area contributed by atoms with E-state index in [9.17, 15) is 4.79 Å². The third kappa shape index (κ3) is 6.33. The van der Waals surface area contributed by atoms with E-state index in [1.165, 1.54) is 22.3 Å². The van der Waals surface area contributed by atoms with E-state index in [1.807, 2.05) is 13.0 Å². The van der Waals surface area contributed by atoms with Gasteiger partial charge in [-0.05, 0) is 42.0 Å². The van der Waals surface area contributed by atoms with E-state index in [1.54, 1.807) is 11.3 Å². The van der Waals surface area contributed by atoms with Gasteiger partial charge in [0.2, 0.25) is 0 Å². The first-order chi connectivity index (χ1) is 18.6. The molecule has 3 aromatic carbocycles. The number of hydrogen-bond acceptors (Lipinski definition) is 5. The smallest absolute Gasteiger partial charge is 0.186 e. The molecule has 0 spiro atoms. The molecule has 0 radical (unpaired) electrons. The lowest BCUT2D eigenvalue weighted by Crippen LogP contribution is -2.23. The Morgan fingerprint density at radius 1 is 0.974 bits per heavy atom. The van der Waals surface area contributed by atoms with Gasteiger partial charge >= 0.3 is 0 Å². The first kappa shape index (κ1) is 26.2. The van der Waals surface area contributed by atoms with Crippen molar-refractivity contribution >= 4 is 22.3 Å². The van der Waals surface area contributed by atoms with Crippen molar-refractivity contribution in [2.75, 3.05) is 18.1 Å². The summed E-state index contributed by atoms with van der Waals surface area (Å²) in [5.74, 6) is 1.47. The Morgan fingerprint density at radius 3 is 2.47 bits per heavy atom. The summed E-state index contributed by atoms with van der Waals surface area (Å²) in [5.41, 5.74) is 7.32. The highest BCUT2D eigenvalue weighted by Crippen LogP contribution is 2.37. The zero-order valence-electron chi connectivity index (χ0n) is 22.4. The summed E-state index contributed by atoms with van der Waals surface area (Å²) in [6.45, 7) is 6.61. The number of Topliss-reactive ketones (excluding diaryl/α,β-unsaturated/α-hetero) is 1. The molecule has 0 bridgehead atoms. The van der Waals surface area contributed by atoms with Crippen molar-refractivity contribution in [1.29, 1.82) is 0 Å². The lowest BCUT2D eigenvalue weighted by Gasteiger charge is -2.21. The van der Waals surface area contributed by atoms with Gasteiger partial charge in [0.05, 0.1) is 12.3 Å². The highest BCUT2D eigenvalue weighted by Gasteiger charge is 2.26. The first-order valence-electron chi connectivity index (χ1n) is 13.7. The molecule has 1 unspecified atom stereocenters. The normalized spacial score (nSPS) is 14.2. The Hall–Kier alpha value is -3.44. The van der Waals surface area contributed by atoms with Gasteiger partial charge in [0.15, 0.2) is 5.13 Å². The maximum Gasteiger partial charge on any atom is 0.186 e. The van der Waals surface area contributed by atoms with E-state index < -0.39 is 0 Å². The molecule has 196 valence electrons. The van der Waals surface area contributed by atoms with Crippen LogP contribution < -0.4 is 9.64 Å². The number of fused-ring (bicyclic) bond motifs is 1. The predicted molar refractivity (Wildman–Crippen MR) is 157 cm³/mol. The Bertz CT molecular complexity index is 1350. The fourth-order valence-corrected chi connectivity index (χ4v) is 5.91. The van der Waals surface area contributed by atoms with Gasteiger partial charge in [-0.1, -0.05) is 80.6 Å². The van der Waals surface area contributed by atoms with Gasteiger partial charge in [0.1, 0.15) is 11.5 Å². The quantitative estimate of drug-likeness (QED) is 0.189. The third-order valence-corrected chi connectivity index (χ3v) is 8.15. The Labute approximate surface area is 230 Å². The van der Waals surface area contributed by atoms with Gasteiger partial charge in [0.25, 0.3) is 0 Å². The summed E-state index contributed by atoms with van der Waals surface area (Å²) in [4.78, 5) is 19.2. The minimum Gasteiger partial charge on any atom is -0.493 e. The van der Waals surface area contributed by atoms with Crippen LogP contribution >= 0.6 is 11.3 Å².